The Kier molecular flexibility index (Phi) is 16.5. The smallest absolute Gasteiger partial charge is 0.144 e. The number of hydrogen-bond donors (Lipinski definition) is 0. The van der Waals surface area contributed by atoms with Crippen LogP contribution in [0.25, 0.3) is 77.3 Å². The van der Waals surface area contributed by atoms with E-state index in [1.807, 2.05) is 0 Å². The number of benzene rings is 7. The fourth-order valence-corrected chi connectivity index (χ4v) is 10.0. The Labute approximate surface area is 401 Å². The topological polar surface area (TPSA) is 36.3 Å². The molecule has 0 amide bonds. The number of nitrogens with zero attached hydrogens (tertiary/aromatic N) is 2. The largest absolute Gasteiger partial charge is 0.493 e. The third-order valence-electron chi connectivity index (χ3n) is 14.5. The zero-order valence-corrected chi connectivity index (χ0v) is 41.3. The zero-order chi connectivity index (χ0) is 46.5. The lowest BCUT2D eigenvalue weighted by molar-refractivity contribution is 0.223. The van der Waals surface area contributed by atoms with Gasteiger partial charge < -0.3 is 14.0 Å². The van der Waals surface area contributed by atoms with Crippen molar-refractivity contribution in [1.82, 2.24) is 9.55 Å². The van der Waals surface area contributed by atoms with E-state index in [0.29, 0.717) is 24.4 Å². The Morgan fingerprint density at radius 3 is 1.49 bits per heavy atom. The predicted molar refractivity (Wildman–Crippen MR) is 287 cm³/mol. The quantitative estimate of drug-likeness (QED) is 0.0567. The molecule has 0 radical (unpaired) electrons. The van der Waals surface area contributed by atoms with Crippen molar-refractivity contribution in [1.29, 1.82) is 0 Å². The van der Waals surface area contributed by atoms with Crippen molar-refractivity contribution in [3.05, 3.63) is 140 Å². The summed E-state index contributed by atoms with van der Waals surface area (Å²) in [7, 11) is 0. The van der Waals surface area contributed by atoms with Crippen LogP contribution in [-0.4, -0.2) is 22.8 Å². The van der Waals surface area contributed by atoms with E-state index in [0.717, 1.165) is 60.8 Å². The number of rotatable bonds is 24. The molecule has 0 fully saturated rings. The lowest BCUT2D eigenvalue weighted by atomic mass is 9.93. The Morgan fingerprint density at radius 2 is 0.925 bits per heavy atom. The van der Waals surface area contributed by atoms with Gasteiger partial charge >= 0.3 is 0 Å². The van der Waals surface area contributed by atoms with Crippen LogP contribution in [0.3, 0.4) is 0 Å². The zero-order valence-electron chi connectivity index (χ0n) is 41.3. The van der Waals surface area contributed by atoms with E-state index in [9.17, 15) is 0 Å². The van der Waals surface area contributed by atoms with Gasteiger partial charge in [0.05, 0.1) is 29.8 Å². The normalized spacial score (nSPS) is 13.0. The van der Waals surface area contributed by atoms with Crippen LogP contribution >= 0.6 is 0 Å². The number of imidazole rings is 1. The molecule has 0 saturated heterocycles. The Morgan fingerprint density at radius 1 is 0.448 bits per heavy atom. The molecule has 67 heavy (non-hydrogen) atoms. The molecule has 0 N–H and O–H groups in total. The molecule has 0 spiro atoms. The molecule has 1 heterocycles. The van der Waals surface area contributed by atoms with Crippen molar-refractivity contribution in [2.45, 2.75) is 125 Å². The molecule has 348 valence electrons. The van der Waals surface area contributed by atoms with E-state index in [2.05, 4.69) is 186 Å². The van der Waals surface area contributed by atoms with Crippen molar-refractivity contribution in [3.8, 4) is 56.3 Å². The van der Waals surface area contributed by atoms with Gasteiger partial charge in [0.2, 0.25) is 0 Å². The maximum absolute atomic E-state index is 7.06. The minimum Gasteiger partial charge on any atom is -0.493 e. The monoisotopic (exact) mass is 891 g/mol. The molecule has 0 saturated carbocycles. The minimum atomic E-state index is 0.484. The Balaban J connectivity index is 1.36. The van der Waals surface area contributed by atoms with Crippen LogP contribution in [-0.2, 0) is 6.54 Å². The van der Waals surface area contributed by atoms with Gasteiger partial charge in [-0.3, -0.25) is 0 Å². The summed E-state index contributed by atoms with van der Waals surface area (Å²) in [5, 5.41) is 4.87. The fraction of sp³-hybridized carbons (Fsp3) is 0.381. The van der Waals surface area contributed by atoms with Crippen LogP contribution in [0.4, 0.5) is 0 Å². The minimum absolute atomic E-state index is 0.484. The molecule has 8 aromatic rings. The molecule has 3 atom stereocenters. The van der Waals surface area contributed by atoms with Gasteiger partial charge in [0.15, 0.2) is 0 Å². The number of fused-ring (bicyclic) bond motifs is 6. The van der Waals surface area contributed by atoms with Crippen molar-refractivity contribution in [2.75, 3.05) is 13.2 Å². The lowest BCUT2D eigenvalue weighted by Crippen LogP contribution is -2.14. The van der Waals surface area contributed by atoms with Crippen LogP contribution in [0.1, 0.15) is 119 Å². The molecule has 1 aromatic heterocycles. The highest BCUT2D eigenvalue weighted by atomic mass is 16.5. The van der Waals surface area contributed by atoms with Gasteiger partial charge in [-0.15, -0.1) is 0 Å². The second-order valence-corrected chi connectivity index (χ2v) is 19.1. The van der Waals surface area contributed by atoms with Crippen molar-refractivity contribution in [3.63, 3.8) is 0 Å². The van der Waals surface area contributed by atoms with Gasteiger partial charge in [-0.05, 0) is 105 Å². The highest BCUT2D eigenvalue weighted by Gasteiger charge is 2.25. The first kappa shape index (κ1) is 47.6. The van der Waals surface area contributed by atoms with E-state index in [1.165, 1.54) is 118 Å². The molecule has 0 bridgehead atoms. The molecule has 0 aliphatic rings. The molecule has 0 aliphatic heterocycles. The molecule has 7 aromatic carbocycles. The van der Waals surface area contributed by atoms with Crippen molar-refractivity contribution >= 4 is 32.6 Å². The molecule has 3 unspecified atom stereocenters. The first-order valence-corrected chi connectivity index (χ1v) is 26.0. The standard InChI is InChI=1S/C63H74N2O2/c1-7-13-22-45(10-4)42-65-62-59-40-53(51-31-29-50(30-32-51)48-25-18-16-19-26-48)34-37-56(59)55-36-33-52(49-27-20-17-21-28-49)39-58(55)61(62)64-63(65)57-38-35-54(66-43-46(11-5)23-14-8-2)41-60(57)67-44-47(12-6)24-15-9-3/h16-21,25-41,45-47H,7-15,22-24,42-44H2,1-6H3. The molecular weight excluding hydrogens is 817 g/mol. The SMILES string of the molecule is CCCCC(CC)COc1ccc(-c2nc3c4cc(-c5ccccc5)ccc4c4ccc(-c5ccc(-c6ccccc6)cc5)cc4c3n2CC(CC)CCCC)c(OCC(CC)CCCC)c1. The first-order chi connectivity index (χ1) is 33.0. The molecular formula is C63H74N2O2. The summed E-state index contributed by atoms with van der Waals surface area (Å²) in [5.74, 6) is 4.22. The summed E-state index contributed by atoms with van der Waals surface area (Å²) < 4.78 is 16.3. The lowest BCUT2D eigenvalue weighted by Gasteiger charge is -2.22. The van der Waals surface area contributed by atoms with Crippen LogP contribution < -0.4 is 9.47 Å². The predicted octanol–water partition coefficient (Wildman–Crippen LogP) is 18.4. The van der Waals surface area contributed by atoms with E-state index in [1.54, 1.807) is 0 Å². The van der Waals surface area contributed by atoms with E-state index >= 15 is 0 Å². The van der Waals surface area contributed by atoms with Gasteiger partial charge in [-0.2, -0.15) is 0 Å². The highest BCUT2D eigenvalue weighted by Crippen LogP contribution is 2.44. The maximum atomic E-state index is 7.06. The maximum Gasteiger partial charge on any atom is 0.144 e. The number of hydrogen-bond acceptors (Lipinski definition) is 3. The van der Waals surface area contributed by atoms with Crippen LogP contribution in [0.5, 0.6) is 11.5 Å². The summed E-state index contributed by atoms with van der Waals surface area (Å²) in [6, 6.07) is 51.2. The first-order valence-electron chi connectivity index (χ1n) is 26.0. The van der Waals surface area contributed by atoms with Gasteiger partial charge in [0, 0.05) is 23.4 Å². The summed E-state index contributed by atoms with van der Waals surface area (Å²) in [4.78, 5) is 5.86. The highest BCUT2D eigenvalue weighted by molar-refractivity contribution is 6.25. The van der Waals surface area contributed by atoms with Crippen LogP contribution in [0.2, 0.25) is 0 Å². The van der Waals surface area contributed by atoms with E-state index < -0.39 is 0 Å². The molecule has 4 heteroatoms. The summed E-state index contributed by atoms with van der Waals surface area (Å²) in [6.07, 6.45) is 14.1. The second kappa shape index (κ2) is 23.2. The average Bonchev–Trinajstić information content (AvgIpc) is 3.77. The average molecular weight is 891 g/mol. The van der Waals surface area contributed by atoms with Crippen molar-refractivity contribution < 1.29 is 9.47 Å². The van der Waals surface area contributed by atoms with E-state index in [-0.39, 0.29) is 0 Å². The summed E-state index contributed by atoms with van der Waals surface area (Å²) >= 11 is 0. The Bertz CT molecular complexity index is 2810. The summed E-state index contributed by atoms with van der Waals surface area (Å²) in [6.45, 7) is 16.1. The van der Waals surface area contributed by atoms with E-state index in [4.69, 9.17) is 14.5 Å². The third kappa shape index (κ3) is 11.1. The summed E-state index contributed by atoms with van der Waals surface area (Å²) in [5.41, 5.74) is 10.5. The third-order valence-corrected chi connectivity index (χ3v) is 14.5. The van der Waals surface area contributed by atoms with Gasteiger partial charge in [0.25, 0.3) is 0 Å². The number of aromatic nitrogens is 2. The fourth-order valence-electron chi connectivity index (χ4n) is 10.0. The van der Waals surface area contributed by atoms with Crippen molar-refractivity contribution in [2.24, 2.45) is 17.8 Å². The molecule has 0 aliphatic carbocycles. The van der Waals surface area contributed by atoms with Gasteiger partial charge in [0.1, 0.15) is 17.3 Å². The van der Waals surface area contributed by atoms with Gasteiger partial charge in [-0.25, -0.2) is 4.98 Å². The number of unbranched alkanes of at least 4 members (excludes halogenated alkanes) is 3. The second-order valence-electron chi connectivity index (χ2n) is 19.1. The van der Waals surface area contributed by atoms with Crippen LogP contribution in [0, 0.1) is 17.8 Å². The molecule has 4 nitrogen and oxygen atoms in total. The molecule has 8 rings (SSSR count). The van der Waals surface area contributed by atoms with Gasteiger partial charge in [-0.1, -0.05) is 209 Å². The van der Waals surface area contributed by atoms with Crippen LogP contribution in [0.15, 0.2) is 140 Å². The Hall–Kier alpha value is -5.87. The number of ether oxygens (including phenoxy) is 2.